The van der Waals surface area contributed by atoms with E-state index < -0.39 is 12.1 Å². The number of methoxy groups -OCH3 is 3. The lowest BCUT2D eigenvalue weighted by molar-refractivity contribution is 0.00878. The minimum atomic E-state index is -0.563. The summed E-state index contributed by atoms with van der Waals surface area (Å²) >= 11 is 1.65. The first-order chi connectivity index (χ1) is 17.1. The molecular weight excluding hydrogens is 470 g/mol. The van der Waals surface area contributed by atoms with Gasteiger partial charge < -0.3 is 28.4 Å². The number of carbonyl (C=O) groups is 1. The molecule has 0 saturated carbocycles. The fraction of sp³-hybridized carbons (Fsp3) is 0.346. The number of ether oxygens (including phenoxy) is 6. The second-order valence-corrected chi connectivity index (χ2v) is 9.56. The summed E-state index contributed by atoms with van der Waals surface area (Å²) in [6, 6.07) is 7.51. The lowest BCUT2D eigenvalue weighted by Gasteiger charge is -2.39. The van der Waals surface area contributed by atoms with E-state index in [0.29, 0.717) is 34.3 Å². The summed E-state index contributed by atoms with van der Waals surface area (Å²) in [5.74, 6) is 2.36. The zero-order valence-electron chi connectivity index (χ0n) is 19.9. The van der Waals surface area contributed by atoms with Crippen molar-refractivity contribution in [3.63, 3.8) is 0 Å². The zero-order valence-corrected chi connectivity index (χ0v) is 20.7. The topological polar surface area (TPSA) is 75.7 Å². The smallest absolute Gasteiger partial charge is 0.343 e. The largest absolute Gasteiger partial charge is 0.493 e. The van der Waals surface area contributed by atoms with Gasteiger partial charge >= 0.3 is 5.97 Å². The lowest BCUT2D eigenvalue weighted by Crippen LogP contribution is -2.36. The van der Waals surface area contributed by atoms with Crippen LogP contribution in [0.15, 0.2) is 29.6 Å². The Morgan fingerprint density at radius 2 is 1.80 bits per heavy atom. The van der Waals surface area contributed by atoms with Crippen LogP contribution in [0.2, 0.25) is 0 Å². The molecule has 35 heavy (non-hydrogen) atoms. The number of esters is 1. The van der Waals surface area contributed by atoms with E-state index in [1.54, 1.807) is 25.6 Å². The summed E-state index contributed by atoms with van der Waals surface area (Å²) in [7, 11) is 6.75. The van der Waals surface area contributed by atoms with Crippen molar-refractivity contribution in [2.45, 2.75) is 18.6 Å². The molecule has 182 valence electrons. The Labute approximate surface area is 206 Å². The van der Waals surface area contributed by atoms with Crippen molar-refractivity contribution < 1.29 is 33.2 Å². The first-order valence-corrected chi connectivity index (χ1v) is 12.2. The van der Waals surface area contributed by atoms with Gasteiger partial charge in [0.15, 0.2) is 23.0 Å². The highest BCUT2D eigenvalue weighted by molar-refractivity contribution is 7.13. The number of likely N-dealkylation sites (N-methyl/N-ethyl adjacent to an activating group) is 1. The molecule has 0 bridgehead atoms. The van der Waals surface area contributed by atoms with Crippen LogP contribution in [0, 0.1) is 0 Å². The van der Waals surface area contributed by atoms with Crippen LogP contribution in [0.4, 0.5) is 0 Å². The number of thiophene rings is 1. The Bertz CT molecular complexity index is 1320. The number of hydrogen-bond acceptors (Lipinski definition) is 9. The summed E-state index contributed by atoms with van der Waals surface area (Å²) in [5.41, 5.74) is 4.26. The number of fused-ring (bicyclic) bond motifs is 3. The molecule has 2 atom stereocenters. The quantitative estimate of drug-likeness (QED) is 0.475. The average Bonchev–Trinajstić information content (AvgIpc) is 3.63. The molecule has 8 nitrogen and oxygen atoms in total. The number of rotatable bonds is 5. The predicted molar refractivity (Wildman–Crippen MR) is 129 cm³/mol. The molecule has 3 aliphatic rings. The molecular formula is C26H25NO7S. The van der Waals surface area contributed by atoms with Crippen LogP contribution in [-0.4, -0.2) is 52.6 Å². The SMILES string of the molecule is COc1ccc2c(c1OC)C(=O)O[C@@H]2[C@H]1c2c(c(-c3cccs3)c3c(c2OC)OCO3)CCN1C. The summed E-state index contributed by atoms with van der Waals surface area (Å²) in [4.78, 5) is 16.4. The molecule has 2 aromatic carbocycles. The Morgan fingerprint density at radius 3 is 2.51 bits per heavy atom. The highest BCUT2D eigenvalue weighted by Gasteiger charge is 2.47. The third kappa shape index (κ3) is 3.11. The maximum absolute atomic E-state index is 13.1. The Balaban J connectivity index is 1.59. The predicted octanol–water partition coefficient (Wildman–Crippen LogP) is 4.61. The highest BCUT2D eigenvalue weighted by Crippen LogP contribution is 2.59. The first kappa shape index (κ1) is 22.1. The molecule has 0 spiro atoms. The van der Waals surface area contributed by atoms with Gasteiger partial charge in [0, 0.05) is 28.1 Å². The molecule has 9 heteroatoms. The zero-order chi connectivity index (χ0) is 24.3. The molecule has 4 heterocycles. The standard InChI is InChI=1S/C26H25NO7S/c1-27-10-9-13-17(16-6-5-11-35-16)24-25(33-12-32-24)23(31-4)18(13)20(27)21-14-7-8-15(29-2)22(30-3)19(14)26(28)34-21/h5-8,11,20-21H,9-10,12H2,1-4H3/t20-,21+/m1/s1. The summed E-state index contributed by atoms with van der Waals surface area (Å²) < 4.78 is 34.8. The molecule has 3 aromatic rings. The molecule has 0 unspecified atom stereocenters. The van der Waals surface area contributed by atoms with Gasteiger partial charge in [0.25, 0.3) is 0 Å². The third-order valence-corrected chi connectivity index (χ3v) is 7.87. The van der Waals surface area contributed by atoms with E-state index in [2.05, 4.69) is 16.3 Å². The number of carbonyl (C=O) groups excluding carboxylic acids is 1. The van der Waals surface area contributed by atoms with Gasteiger partial charge in [-0.2, -0.15) is 0 Å². The lowest BCUT2D eigenvalue weighted by atomic mass is 9.82. The van der Waals surface area contributed by atoms with Gasteiger partial charge in [-0.05, 0) is 36.5 Å². The van der Waals surface area contributed by atoms with Crippen LogP contribution in [0.3, 0.4) is 0 Å². The summed E-state index contributed by atoms with van der Waals surface area (Å²) in [5, 5.41) is 2.05. The second-order valence-electron chi connectivity index (χ2n) is 8.61. The van der Waals surface area contributed by atoms with Crippen molar-refractivity contribution in [2.24, 2.45) is 0 Å². The molecule has 0 amide bonds. The molecule has 0 N–H and O–H groups in total. The molecule has 0 radical (unpaired) electrons. The maximum atomic E-state index is 13.1. The van der Waals surface area contributed by atoms with Crippen molar-refractivity contribution in [2.75, 3.05) is 41.7 Å². The van der Waals surface area contributed by atoms with Gasteiger partial charge in [-0.1, -0.05) is 12.1 Å². The number of hydrogen-bond donors (Lipinski definition) is 0. The van der Waals surface area contributed by atoms with Crippen molar-refractivity contribution in [3.05, 3.63) is 51.9 Å². The van der Waals surface area contributed by atoms with E-state index >= 15 is 0 Å². The van der Waals surface area contributed by atoms with Crippen LogP contribution < -0.4 is 23.7 Å². The van der Waals surface area contributed by atoms with Crippen molar-refractivity contribution in [1.29, 1.82) is 0 Å². The average molecular weight is 496 g/mol. The van der Waals surface area contributed by atoms with Gasteiger partial charge in [0.2, 0.25) is 12.5 Å². The Kier molecular flexibility index (Phi) is 5.26. The molecule has 0 aliphatic carbocycles. The molecule has 3 aliphatic heterocycles. The Hall–Kier alpha value is -3.43. The highest BCUT2D eigenvalue weighted by atomic mass is 32.1. The van der Waals surface area contributed by atoms with Crippen molar-refractivity contribution in [1.82, 2.24) is 4.90 Å². The van der Waals surface area contributed by atoms with Crippen LogP contribution >= 0.6 is 11.3 Å². The van der Waals surface area contributed by atoms with Gasteiger partial charge in [-0.25, -0.2) is 4.79 Å². The number of nitrogens with zero attached hydrogens (tertiary/aromatic N) is 1. The normalized spacial score (nSPS) is 20.3. The van der Waals surface area contributed by atoms with Crippen LogP contribution in [0.25, 0.3) is 10.4 Å². The molecule has 0 saturated heterocycles. The van der Waals surface area contributed by atoms with Gasteiger partial charge in [0.1, 0.15) is 11.7 Å². The summed E-state index contributed by atoms with van der Waals surface area (Å²) in [6.07, 6.45) is 0.231. The third-order valence-electron chi connectivity index (χ3n) is 6.98. The van der Waals surface area contributed by atoms with E-state index in [-0.39, 0.29) is 12.8 Å². The second kappa shape index (κ2) is 8.35. The van der Waals surface area contributed by atoms with Crippen LogP contribution in [-0.2, 0) is 11.2 Å². The fourth-order valence-corrected chi connectivity index (χ4v) is 6.31. The molecule has 1 aromatic heterocycles. The van der Waals surface area contributed by atoms with Crippen molar-refractivity contribution >= 4 is 17.3 Å². The van der Waals surface area contributed by atoms with E-state index in [1.165, 1.54) is 7.11 Å². The van der Waals surface area contributed by atoms with Gasteiger partial charge in [0.05, 0.1) is 27.4 Å². The fourth-order valence-electron chi connectivity index (χ4n) is 5.51. The van der Waals surface area contributed by atoms with Crippen LogP contribution in [0.5, 0.6) is 28.7 Å². The molecule has 0 fully saturated rings. The van der Waals surface area contributed by atoms with E-state index in [0.717, 1.165) is 40.1 Å². The Morgan fingerprint density at radius 1 is 1.00 bits per heavy atom. The van der Waals surface area contributed by atoms with E-state index in [4.69, 9.17) is 28.4 Å². The minimum Gasteiger partial charge on any atom is -0.493 e. The van der Waals surface area contributed by atoms with Crippen molar-refractivity contribution in [3.8, 4) is 39.2 Å². The summed E-state index contributed by atoms with van der Waals surface area (Å²) in [6.45, 7) is 0.904. The number of cyclic esters (lactones) is 1. The van der Waals surface area contributed by atoms with E-state index in [9.17, 15) is 4.79 Å². The monoisotopic (exact) mass is 495 g/mol. The first-order valence-electron chi connectivity index (χ1n) is 11.3. The minimum absolute atomic E-state index is 0.131. The van der Waals surface area contributed by atoms with Gasteiger partial charge in [-0.3, -0.25) is 4.90 Å². The maximum Gasteiger partial charge on any atom is 0.343 e. The van der Waals surface area contributed by atoms with E-state index in [1.807, 2.05) is 25.2 Å². The number of benzene rings is 2. The molecule has 6 rings (SSSR count). The van der Waals surface area contributed by atoms with Crippen LogP contribution in [0.1, 0.15) is 39.2 Å². The van der Waals surface area contributed by atoms with Gasteiger partial charge in [-0.15, -0.1) is 11.3 Å².